The summed E-state index contributed by atoms with van der Waals surface area (Å²) < 4.78 is 6.90. The van der Waals surface area contributed by atoms with Crippen LogP contribution in [0.5, 0.6) is 0 Å². The molecule has 0 saturated carbocycles. The molecule has 128 valence electrons. The molecule has 0 unspecified atom stereocenters. The van der Waals surface area contributed by atoms with E-state index in [1.807, 2.05) is 48.5 Å². The van der Waals surface area contributed by atoms with Crippen molar-refractivity contribution in [1.29, 1.82) is 0 Å². The largest absolute Gasteiger partial charge is 0.465 e. The molecule has 0 spiro atoms. The zero-order valence-corrected chi connectivity index (χ0v) is 14.3. The van der Waals surface area contributed by atoms with Gasteiger partial charge in [-0.3, -0.25) is 4.79 Å². The predicted octanol–water partition coefficient (Wildman–Crippen LogP) is 3.99. The molecule has 4 aromatic rings. The predicted molar refractivity (Wildman–Crippen MR) is 103 cm³/mol. The quantitative estimate of drug-likeness (QED) is 0.417. The van der Waals surface area contributed by atoms with Gasteiger partial charge < -0.3 is 9.30 Å². The van der Waals surface area contributed by atoms with E-state index in [2.05, 4.69) is 16.7 Å². The number of hydrogen-bond donors (Lipinski definition) is 0. The van der Waals surface area contributed by atoms with Gasteiger partial charge in [-0.15, -0.1) is 0 Å². The highest BCUT2D eigenvalue weighted by molar-refractivity contribution is 5.98. The lowest BCUT2D eigenvalue weighted by atomic mass is 10.1. The lowest BCUT2D eigenvalue weighted by Crippen LogP contribution is -2.13. The number of hydrogen-bond acceptors (Lipinski definition) is 3. The van der Waals surface area contributed by atoms with E-state index in [-0.39, 0.29) is 5.43 Å². The van der Waals surface area contributed by atoms with Crippen LogP contribution in [-0.4, -0.2) is 17.6 Å². The second-order valence-corrected chi connectivity index (χ2v) is 6.14. The SMILES string of the molecule is COC(=O)c1ccc2c(c1)c(=O)c1ccccc1n2Cc1ccccc1. The molecule has 0 atom stereocenters. The van der Waals surface area contributed by atoms with Crippen LogP contribution in [0.15, 0.2) is 77.6 Å². The summed E-state index contributed by atoms with van der Waals surface area (Å²) in [7, 11) is 1.33. The molecule has 0 bridgehead atoms. The lowest BCUT2D eigenvalue weighted by molar-refractivity contribution is 0.0601. The van der Waals surface area contributed by atoms with Gasteiger partial charge in [0.05, 0.1) is 23.7 Å². The van der Waals surface area contributed by atoms with Crippen LogP contribution in [0.4, 0.5) is 0 Å². The second-order valence-electron chi connectivity index (χ2n) is 6.14. The highest BCUT2D eigenvalue weighted by atomic mass is 16.5. The van der Waals surface area contributed by atoms with Gasteiger partial charge in [-0.05, 0) is 35.9 Å². The van der Waals surface area contributed by atoms with Crippen molar-refractivity contribution in [2.24, 2.45) is 0 Å². The number of esters is 1. The molecule has 0 radical (unpaired) electrons. The number of rotatable bonds is 3. The van der Waals surface area contributed by atoms with Gasteiger partial charge >= 0.3 is 5.97 Å². The third-order valence-electron chi connectivity index (χ3n) is 4.58. The summed E-state index contributed by atoms with van der Waals surface area (Å²) in [4.78, 5) is 24.9. The molecule has 0 N–H and O–H groups in total. The zero-order valence-electron chi connectivity index (χ0n) is 14.3. The molecule has 3 aromatic carbocycles. The minimum absolute atomic E-state index is 0.0781. The molecule has 26 heavy (non-hydrogen) atoms. The molecule has 1 heterocycles. The Hall–Kier alpha value is -3.40. The van der Waals surface area contributed by atoms with E-state index in [4.69, 9.17) is 4.74 Å². The van der Waals surface area contributed by atoms with Gasteiger partial charge in [-0.1, -0.05) is 42.5 Å². The molecule has 0 saturated heterocycles. The van der Waals surface area contributed by atoms with Crippen LogP contribution >= 0.6 is 0 Å². The first kappa shape index (κ1) is 16.1. The van der Waals surface area contributed by atoms with Gasteiger partial charge in [-0.2, -0.15) is 0 Å². The summed E-state index contributed by atoms with van der Waals surface area (Å²) in [5, 5.41) is 1.15. The molecule has 0 aliphatic rings. The van der Waals surface area contributed by atoms with E-state index in [1.165, 1.54) is 7.11 Å². The average molecular weight is 343 g/mol. The van der Waals surface area contributed by atoms with Crippen molar-refractivity contribution in [1.82, 2.24) is 4.57 Å². The zero-order chi connectivity index (χ0) is 18.1. The smallest absolute Gasteiger partial charge is 0.337 e. The average Bonchev–Trinajstić information content (AvgIpc) is 2.71. The number of para-hydroxylation sites is 1. The Morgan fingerprint density at radius 1 is 0.885 bits per heavy atom. The van der Waals surface area contributed by atoms with Crippen molar-refractivity contribution in [3.63, 3.8) is 0 Å². The van der Waals surface area contributed by atoms with E-state index in [1.54, 1.807) is 12.1 Å². The van der Waals surface area contributed by atoms with Crippen LogP contribution in [0.2, 0.25) is 0 Å². The van der Waals surface area contributed by atoms with Gasteiger partial charge in [0.1, 0.15) is 0 Å². The Morgan fingerprint density at radius 3 is 2.35 bits per heavy atom. The van der Waals surface area contributed by atoms with Crippen LogP contribution in [0.25, 0.3) is 21.8 Å². The minimum Gasteiger partial charge on any atom is -0.465 e. The van der Waals surface area contributed by atoms with Crippen molar-refractivity contribution >= 4 is 27.8 Å². The summed E-state index contributed by atoms with van der Waals surface area (Å²) >= 11 is 0. The van der Waals surface area contributed by atoms with Crippen molar-refractivity contribution in [2.45, 2.75) is 6.54 Å². The van der Waals surface area contributed by atoms with E-state index in [0.717, 1.165) is 16.6 Å². The Kier molecular flexibility index (Phi) is 4.01. The molecular formula is C22H17NO3. The van der Waals surface area contributed by atoms with Crippen LogP contribution < -0.4 is 5.43 Å². The lowest BCUT2D eigenvalue weighted by Gasteiger charge is -2.16. The maximum atomic E-state index is 13.0. The molecule has 0 aliphatic heterocycles. The molecule has 1 aromatic heterocycles. The third-order valence-corrected chi connectivity index (χ3v) is 4.58. The first-order valence-corrected chi connectivity index (χ1v) is 8.36. The van der Waals surface area contributed by atoms with E-state index < -0.39 is 5.97 Å². The topological polar surface area (TPSA) is 48.3 Å². The number of benzene rings is 3. The molecule has 4 nitrogen and oxygen atoms in total. The number of carbonyl (C=O) groups excluding carboxylic acids is 1. The van der Waals surface area contributed by atoms with Crippen LogP contribution in [0, 0.1) is 0 Å². The van der Waals surface area contributed by atoms with Gasteiger partial charge in [-0.25, -0.2) is 4.79 Å². The standard InChI is InChI=1S/C22H17NO3/c1-26-22(25)16-11-12-20-18(13-16)21(24)17-9-5-6-10-19(17)23(20)14-15-7-3-2-4-8-15/h2-13H,14H2,1H3. The Balaban J connectivity index is 2.05. The highest BCUT2D eigenvalue weighted by Gasteiger charge is 2.14. The monoisotopic (exact) mass is 343 g/mol. The molecule has 0 fully saturated rings. The van der Waals surface area contributed by atoms with Gasteiger partial charge in [0.25, 0.3) is 0 Å². The maximum Gasteiger partial charge on any atom is 0.337 e. The minimum atomic E-state index is -0.450. The summed E-state index contributed by atoms with van der Waals surface area (Å²) in [6, 6.07) is 22.8. The highest BCUT2D eigenvalue weighted by Crippen LogP contribution is 2.22. The van der Waals surface area contributed by atoms with Crippen molar-refractivity contribution in [3.8, 4) is 0 Å². The van der Waals surface area contributed by atoms with Crippen LogP contribution in [0.1, 0.15) is 15.9 Å². The van der Waals surface area contributed by atoms with Crippen molar-refractivity contribution in [3.05, 3.63) is 94.1 Å². The fourth-order valence-electron chi connectivity index (χ4n) is 3.31. The molecule has 0 amide bonds. The number of pyridine rings is 1. The normalized spacial score (nSPS) is 11.0. The van der Waals surface area contributed by atoms with Crippen LogP contribution in [0.3, 0.4) is 0 Å². The van der Waals surface area contributed by atoms with Crippen molar-refractivity contribution in [2.75, 3.05) is 7.11 Å². The fourth-order valence-corrected chi connectivity index (χ4v) is 3.31. The molecule has 4 rings (SSSR count). The van der Waals surface area contributed by atoms with Gasteiger partial charge in [0.15, 0.2) is 5.43 Å². The Labute approximate surface area is 150 Å². The summed E-state index contributed by atoms with van der Waals surface area (Å²) in [6.45, 7) is 0.635. The first-order chi connectivity index (χ1) is 12.7. The fraction of sp³-hybridized carbons (Fsp3) is 0.0909. The maximum absolute atomic E-state index is 13.0. The first-order valence-electron chi connectivity index (χ1n) is 8.36. The number of methoxy groups -OCH3 is 1. The summed E-state index contributed by atoms with van der Waals surface area (Å²) in [5.74, 6) is -0.450. The van der Waals surface area contributed by atoms with Crippen molar-refractivity contribution < 1.29 is 9.53 Å². The Bertz CT molecular complexity index is 1180. The molecule has 4 heteroatoms. The number of nitrogens with zero attached hydrogens (tertiary/aromatic N) is 1. The summed E-state index contributed by atoms with van der Waals surface area (Å²) in [6.07, 6.45) is 0. The molecule has 0 aliphatic carbocycles. The summed E-state index contributed by atoms with van der Waals surface area (Å²) in [5.41, 5.74) is 3.11. The van der Waals surface area contributed by atoms with Gasteiger partial charge in [0, 0.05) is 17.3 Å². The van der Waals surface area contributed by atoms with E-state index in [0.29, 0.717) is 22.9 Å². The Morgan fingerprint density at radius 2 is 1.58 bits per heavy atom. The number of ether oxygens (including phenoxy) is 1. The van der Waals surface area contributed by atoms with E-state index in [9.17, 15) is 9.59 Å². The second kappa shape index (κ2) is 6.48. The number of aromatic nitrogens is 1. The van der Waals surface area contributed by atoms with E-state index >= 15 is 0 Å². The van der Waals surface area contributed by atoms with Crippen LogP contribution in [-0.2, 0) is 11.3 Å². The van der Waals surface area contributed by atoms with Gasteiger partial charge in [0.2, 0.25) is 0 Å². The number of fused-ring (bicyclic) bond motifs is 2. The number of carbonyl (C=O) groups is 1. The molecular weight excluding hydrogens is 326 g/mol. The third kappa shape index (κ3) is 2.65.